The SMILES string of the molecule is Cc1cc(CNC(C)(C)C)cnc1N1CCSC(C)C1C. The van der Waals surface area contributed by atoms with Gasteiger partial charge in [-0.1, -0.05) is 6.92 Å². The first-order valence-corrected chi connectivity index (χ1v) is 8.91. The molecule has 0 aliphatic carbocycles. The van der Waals surface area contributed by atoms with Gasteiger partial charge in [0, 0.05) is 41.9 Å². The molecule has 0 aromatic carbocycles. The minimum Gasteiger partial charge on any atom is -0.352 e. The minimum atomic E-state index is 0.139. The quantitative estimate of drug-likeness (QED) is 0.923. The molecule has 1 fully saturated rings. The molecule has 2 atom stereocenters. The summed E-state index contributed by atoms with van der Waals surface area (Å²) in [5.74, 6) is 2.36. The molecule has 21 heavy (non-hydrogen) atoms. The van der Waals surface area contributed by atoms with Gasteiger partial charge in [-0.2, -0.15) is 11.8 Å². The molecular formula is C17H29N3S. The van der Waals surface area contributed by atoms with E-state index in [1.165, 1.54) is 16.9 Å². The van der Waals surface area contributed by atoms with Crippen LogP contribution >= 0.6 is 11.8 Å². The van der Waals surface area contributed by atoms with Crippen LogP contribution in [-0.2, 0) is 6.54 Å². The summed E-state index contributed by atoms with van der Waals surface area (Å²) in [5.41, 5.74) is 2.69. The Morgan fingerprint density at radius 2 is 2.10 bits per heavy atom. The van der Waals surface area contributed by atoms with Crippen LogP contribution < -0.4 is 10.2 Å². The second-order valence-electron chi connectivity index (χ2n) is 7.10. The Hall–Kier alpha value is -0.740. The number of nitrogens with one attached hydrogen (secondary N) is 1. The van der Waals surface area contributed by atoms with E-state index in [-0.39, 0.29) is 5.54 Å². The summed E-state index contributed by atoms with van der Waals surface area (Å²) >= 11 is 2.06. The summed E-state index contributed by atoms with van der Waals surface area (Å²) in [4.78, 5) is 7.23. The van der Waals surface area contributed by atoms with Crippen molar-refractivity contribution in [2.75, 3.05) is 17.2 Å². The summed E-state index contributed by atoms with van der Waals surface area (Å²) in [6, 6.07) is 2.83. The van der Waals surface area contributed by atoms with Gasteiger partial charge in [-0.15, -0.1) is 0 Å². The molecule has 1 aliphatic heterocycles. The molecule has 1 aliphatic rings. The number of thioether (sulfide) groups is 1. The van der Waals surface area contributed by atoms with Crippen LogP contribution in [0.1, 0.15) is 45.7 Å². The standard InChI is InChI=1S/C17H29N3S/c1-12-9-15(11-19-17(4,5)6)10-18-16(12)20-7-8-21-14(3)13(20)2/h9-10,13-14,19H,7-8,11H2,1-6H3. The summed E-state index contributed by atoms with van der Waals surface area (Å²) in [6.07, 6.45) is 2.03. The maximum absolute atomic E-state index is 4.76. The average Bonchev–Trinajstić information content (AvgIpc) is 2.39. The number of pyridine rings is 1. The van der Waals surface area contributed by atoms with Crippen LogP contribution in [0.4, 0.5) is 5.82 Å². The maximum Gasteiger partial charge on any atom is 0.131 e. The van der Waals surface area contributed by atoms with Gasteiger partial charge in [0.1, 0.15) is 5.82 Å². The van der Waals surface area contributed by atoms with Crippen molar-refractivity contribution < 1.29 is 0 Å². The first-order valence-electron chi connectivity index (χ1n) is 7.87. The zero-order valence-corrected chi connectivity index (χ0v) is 15.0. The van der Waals surface area contributed by atoms with Crippen molar-refractivity contribution in [1.29, 1.82) is 0 Å². The fourth-order valence-electron chi connectivity index (χ4n) is 2.62. The minimum absolute atomic E-state index is 0.139. The zero-order valence-electron chi connectivity index (χ0n) is 14.2. The van der Waals surface area contributed by atoms with Gasteiger partial charge in [0.15, 0.2) is 0 Å². The van der Waals surface area contributed by atoms with Crippen molar-refractivity contribution in [1.82, 2.24) is 10.3 Å². The van der Waals surface area contributed by atoms with Gasteiger partial charge in [-0.3, -0.25) is 0 Å². The lowest BCUT2D eigenvalue weighted by atomic mass is 10.1. The third-order valence-corrected chi connectivity index (χ3v) is 5.42. The van der Waals surface area contributed by atoms with Crippen molar-refractivity contribution in [3.8, 4) is 0 Å². The number of aryl methyl sites for hydroxylation is 1. The average molecular weight is 308 g/mol. The van der Waals surface area contributed by atoms with E-state index in [2.05, 4.69) is 69.6 Å². The van der Waals surface area contributed by atoms with E-state index < -0.39 is 0 Å². The predicted octanol–water partition coefficient (Wildman–Crippen LogP) is 3.61. The maximum atomic E-state index is 4.76. The molecule has 2 rings (SSSR count). The highest BCUT2D eigenvalue weighted by Crippen LogP contribution is 2.29. The lowest BCUT2D eigenvalue weighted by Gasteiger charge is -2.39. The number of hydrogen-bond acceptors (Lipinski definition) is 4. The van der Waals surface area contributed by atoms with E-state index in [4.69, 9.17) is 4.98 Å². The monoisotopic (exact) mass is 307 g/mol. The normalized spacial score (nSPS) is 23.4. The molecule has 1 aromatic rings. The largest absolute Gasteiger partial charge is 0.352 e. The third kappa shape index (κ3) is 4.36. The van der Waals surface area contributed by atoms with Gasteiger partial charge in [-0.25, -0.2) is 4.98 Å². The summed E-state index contributed by atoms with van der Waals surface area (Å²) in [6.45, 7) is 15.4. The second kappa shape index (κ2) is 6.57. The van der Waals surface area contributed by atoms with E-state index in [1.54, 1.807) is 0 Å². The van der Waals surface area contributed by atoms with E-state index in [1.807, 2.05) is 6.20 Å². The Bertz CT molecular complexity index is 481. The molecule has 2 heterocycles. The van der Waals surface area contributed by atoms with Gasteiger partial charge in [0.25, 0.3) is 0 Å². The highest BCUT2D eigenvalue weighted by Gasteiger charge is 2.27. The highest BCUT2D eigenvalue weighted by molar-refractivity contribution is 8.00. The molecular weight excluding hydrogens is 278 g/mol. The number of rotatable bonds is 3. The number of aromatic nitrogens is 1. The fourth-order valence-corrected chi connectivity index (χ4v) is 3.72. The van der Waals surface area contributed by atoms with Crippen LogP contribution in [0, 0.1) is 6.92 Å². The number of nitrogens with zero attached hydrogens (tertiary/aromatic N) is 2. The Morgan fingerprint density at radius 3 is 2.71 bits per heavy atom. The lowest BCUT2D eigenvalue weighted by molar-refractivity contribution is 0.424. The predicted molar refractivity (Wildman–Crippen MR) is 94.3 cm³/mol. The Morgan fingerprint density at radius 1 is 1.38 bits per heavy atom. The first-order chi connectivity index (χ1) is 9.78. The smallest absolute Gasteiger partial charge is 0.131 e. The van der Waals surface area contributed by atoms with E-state index in [0.29, 0.717) is 11.3 Å². The third-order valence-electron chi connectivity index (χ3n) is 4.09. The topological polar surface area (TPSA) is 28.2 Å². The van der Waals surface area contributed by atoms with Crippen LogP contribution in [0.2, 0.25) is 0 Å². The molecule has 1 N–H and O–H groups in total. The number of anilines is 1. The van der Waals surface area contributed by atoms with E-state index in [9.17, 15) is 0 Å². The molecule has 1 aromatic heterocycles. The molecule has 4 heteroatoms. The second-order valence-corrected chi connectivity index (χ2v) is 8.58. The van der Waals surface area contributed by atoms with Gasteiger partial charge in [0.2, 0.25) is 0 Å². The Balaban J connectivity index is 2.12. The summed E-state index contributed by atoms with van der Waals surface area (Å²) in [7, 11) is 0. The molecule has 0 bridgehead atoms. The van der Waals surface area contributed by atoms with Gasteiger partial charge in [0.05, 0.1) is 0 Å². The molecule has 118 valence electrons. The van der Waals surface area contributed by atoms with E-state index >= 15 is 0 Å². The number of hydrogen-bond donors (Lipinski definition) is 1. The van der Waals surface area contributed by atoms with Gasteiger partial charge >= 0.3 is 0 Å². The summed E-state index contributed by atoms with van der Waals surface area (Å²) < 4.78 is 0. The zero-order chi connectivity index (χ0) is 15.6. The van der Waals surface area contributed by atoms with Crippen molar-refractivity contribution in [2.45, 2.75) is 64.9 Å². The van der Waals surface area contributed by atoms with Crippen LogP contribution in [0.15, 0.2) is 12.3 Å². The molecule has 0 amide bonds. The van der Waals surface area contributed by atoms with Crippen molar-refractivity contribution in [3.05, 3.63) is 23.4 Å². The molecule has 2 unspecified atom stereocenters. The van der Waals surface area contributed by atoms with Crippen LogP contribution in [0.25, 0.3) is 0 Å². The van der Waals surface area contributed by atoms with Crippen LogP contribution in [0.5, 0.6) is 0 Å². The highest BCUT2D eigenvalue weighted by atomic mass is 32.2. The molecule has 0 saturated carbocycles. The Labute approximate surface area is 133 Å². The van der Waals surface area contributed by atoms with Gasteiger partial charge in [-0.05, 0) is 51.8 Å². The summed E-state index contributed by atoms with van der Waals surface area (Å²) in [5, 5.41) is 4.19. The van der Waals surface area contributed by atoms with Crippen molar-refractivity contribution >= 4 is 17.6 Å². The van der Waals surface area contributed by atoms with Gasteiger partial charge < -0.3 is 10.2 Å². The Kier molecular flexibility index (Phi) is 5.20. The van der Waals surface area contributed by atoms with Crippen LogP contribution in [-0.4, -0.2) is 34.1 Å². The molecule has 1 saturated heterocycles. The molecule has 0 spiro atoms. The lowest BCUT2D eigenvalue weighted by Crippen LogP contribution is -2.45. The molecule has 3 nitrogen and oxygen atoms in total. The van der Waals surface area contributed by atoms with Crippen LogP contribution in [0.3, 0.4) is 0 Å². The van der Waals surface area contributed by atoms with Crippen molar-refractivity contribution in [2.24, 2.45) is 0 Å². The van der Waals surface area contributed by atoms with E-state index in [0.717, 1.165) is 18.9 Å². The molecule has 0 radical (unpaired) electrons. The van der Waals surface area contributed by atoms with Crippen molar-refractivity contribution in [3.63, 3.8) is 0 Å². The first kappa shape index (κ1) is 16.6. The fraction of sp³-hybridized carbons (Fsp3) is 0.706.